The average Bonchev–Trinajstić information content (AvgIpc) is 2.75. The number of nitrogens with one attached hydrogen (secondary N) is 2. The first kappa shape index (κ1) is 12.1. The van der Waals surface area contributed by atoms with Crippen LogP contribution in [0.4, 0.5) is 5.69 Å². The first-order valence-electron chi connectivity index (χ1n) is 5.72. The number of ether oxygens (including phenoxy) is 1. The Labute approximate surface area is 100 Å². The predicted octanol–water partition coefficient (Wildman–Crippen LogP) is 0.127. The number of hydrogen-bond donors (Lipinski definition) is 2. The molecule has 1 aromatic heterocycles. The lowest BCUT2D eigenvalue weighted by atomic mass is 9.91. The number of carbonyl (C=O) groups excluding carboxylic acids is 1. The molecular formula is C11H18N4O2. The summed E-state index contributed by atoms with van der Waals surface area (Å²) in [7, 11) is 3.40. The molecular weight excluding hydrogens is 220 g/mol. The number of aryl methyl sites for hydroxylation is 1. The maximum absolute atomic E-state index is 12.2. The second-order valence-electron chi connectivity index (χ2n) is 4.31. The number of anilines is 1. The van der Waals surface area contributed by atoms with Crippen LogP contribution in [0.2, 0.25) is 0 Å². The molecule has 1 aromatic rings. The van der Waals surface area contributed by atoms with Crippen LogP contribution >= 0.6 is 0 Å². The summed E-state index contributed by atoms with van der Waals surface area (Å²) in [4.78, 5) is 12.2. The van der Waals surface area contributed by atoms with E-state index < -0.39 is 5.60 Å². The smallest absolute Gasteiger partial charge is 0.256 e. The molecule has 0 saturated carbocycles. The topological polar surface area (TPSA) is 68.2 Å². The van der Waals surface area contributed by atoms with E-state index in [0.29, 0.717) is 18.5 Å². The Hall–Kier alpha value is -1.40. The van der Waals surface area contributed by atoms with Gasteiger partial charge in [-0.05, 0) is 25.9 Å². The molecule has 0 aromatic carbocycles. The van der Waals surface area contributed by atoms with Gasteiger partial charge in [-0.2, -0.15) is 5.10 Å². The fourth-order valence-corrected chi connectivity index (χ4v) is 2.09. The van der Waals surface area contributed by atoms with Gasteiger partial charge in [0.05, 0.1) is 11.9 Å². The lowest BCUT2D eigenvalue weighted by Gasteiger charge is -2.34. The van der Waals surface area contributed by atoms with Gasteiger partial charge in [-0.15, -0.1) is 0 Å². The number of aromatic nitrogens is 2. The van der Waals surface area contributed by atoms with E-state index in [1.165, 1.54) is 0 Å². The van der Waals surface area contributed by atoms with Crippen LogP contribution in [0.25, 0.3) is 0 Å². The van der Waals surface area contributed by atoms with Crippen LogP contribution in [-0.4, -0.2) is 41.5 Å². The van der Waals surface area contributed by atoms with Crippen molar-refractivity contribution < 1.29 is 9.53 Å². The number of nitrogens with zero attached hydrogens (tertiary/aromatic N) is 2. The Morgan fingerprint density at radius 2 is 2.29 bits per heavy atom. The van der Waals surface area contributed by atoms with E-state index in [1.54, 1.807) is 24.2 Å². The minimum absolute atomic E-state index is 0.0884. The van der Waals surface area contributed by atoms with Gasteiger partial charge in [0.25, 0.3) is 5.91 Å². The van der Waals surface area contributed by atoms with Gasteiger partial charge in [-0.1, -0.05) is 0 Å². The summed E-state index contributed by atoms with van der Waals surface area (Å²) in [5.41, 5.74) is -0.00590. The molecule has 17 heavy (non-hydrogen) atoms. The first-order valence-corrected chi connectivity index (χ1v) is 5.72. The quantitative estimate of drug-likeness (QED) is 0.785. The second-order valence-corrected chi connectivity index (χ2v) is 4.31. The van der Waals surface area contributed by atoms with Gasteiger partial charge in [0, 0.05) is 20.4 Å². The van der Waals surface area contributed by atoms with Gasteiger partial charge in [0.2, 0.25) is 0 Å². The van der Waals surface area contributed by atoms with Crippen molar-refractivity contribution >= 4 is 11.6 Å². The molecule has 0 aliphatic carbocycles. The van der Waals surface area contributed by atoms with E-state index >= 15 is 0 Å². The van der Waals surface area contributed by atoms with Gasteiger partial charge in [0.15, 0.2) is 0 Å². The zero-order valence-electron chi connectivity index (χ0n) is 10.2. The fourth-order valence-electron chi connectivity index (χ4n) is 2.09. The van der Waals surface area contributed by atoms with Crippen molar-refractivity contribution in [3.8, 4) is 0 Å². The standard InChI is InChI=1S/C11H18N4O2/c1-15-8-9(7-13-15)14-10(16)11(17-2)3-5-12-6-4-11/h7-8,12H,3-6H2,1-2H3,(H,14,16). The third kappa shape index (κ3) is 2.48. The van der Waals surface area contributed by atoms with Crippen LogP contribution in [0.5, 0.6) is 0 Å². The minimum Gasteiger partial charge on any atom is -0.368 e. The zero-order valence-corrected chi connectivity index (χ0v) is 10.2. The van der Waals surface area contributed by atoms with E-state index in [0.717, 1.165) is 13.1 Å². The molecule has 1 fully saturated rings. The number of piperidine rings is 1. The van der Waals surface area contributed by atoms with Crippen molar-refractivity contribution in [2.75, 3.05) is 25.5 Å². The van der Waals surface area contributed by atoms with Crippen LogP contribution in [0.1, 0.15) is 12.8 Å². The number of methoxy groups -OCH3 is 1. The van der Waals surface area contributed by atoms with Crippen molar-refractivity contribution in [3.63, 3.8) is 0 Å². The summed E-state index contributed by atoms with van der Waals surface area (Å²) in [6.45, 7) is 1.60. The average molecular weight is 238 g/mol. The summed E-state index contributed by atoms with van der Waals surface area (Å²) < 4.78 is 7.09. The molecule has 0 bridgehead atoms. The molecule has 0 spiro atoms. The molecule has 6 nitrogen and oxygen atoms in total. The predicted molar refractivity (Wildman–Crippen MR) is 63.7 cm³/mol. The van der Waals surface area contributed by atoms with Crippen LogP contribution in [0.3, 0.4) is 0 Å². The summed E-state index contributed by atoms with van der Waals surface area (Å²) in [5, 5.41) is 10.1. The highest BCUT2D eigenvalue weighted by molar-refractivity contribution is 5.97. The highest BCUT2D eigenvalue weighted by Crippen LogP contribution is 2.24. The van der Waals surface area contributed by atoms with Crippen LogP contribution in [0.15, 0.2) is 12.4 Å². The molecule has 1 aliphatic rings. The summed E-state index contributed by atoms with van der Waals surface area (Å²) >= 11 is 0. The van der Waals surface area contributed by atoms with Crippen LogP contribution in [0, 0.1) is 0 Å². The maximum atomic E-state index is 12.2. The van der Waals surface area contributed by atoms with E-state index in [2.05, 4.69) is 15.7 Å². The van der Waals surface area contributed by atoms with Crippen molar-refractivity contribution in [3.05, 3.63) is 12.4 Å². The van der Waals surface area contributed by atoms with Crippen molar-refractivity contribution in [2.24, 2.45) is 7.05 Å². The Balaban J connectivity index is 2.07. The number of hydrogen-bond acceptors (Lipinski definition) is 4. The molecule has 1 aliphatic heterocycles. The SMILES string of the molecule is COC1(C(=O)Nc2cnn(C)c2)CCNCC1. The highest BCUT2D eigenvalue weighted by atomic mass is 16.5. The summed E-state index contributed by atoms with van der Waals surface area (Å²) in [6, 6.07) is 0. The minimum atomic E-state index is -0.707. The monoisotopic (exact) mass is 238 g/mol. The van der Waals surface area contributed by atoms with Crippen molar-refractivity contribution in [1.29, 1.82) is 0 Å². The Kier molecular flexibility index (Phi) is 3.44. The Morgan fingerprint density at radius 3 is 2.82 bits per heavy atom. The molecule has 1 saturated heterocycles. The summed E-state index contributed by atoms with van der Waals surface area (Å²) in [6.07, 6.45) is 4.77. The lowest BCUT2D eigenvalue weighted by Crippen LogP contribution is -2.51. The molecule has 0 unspecified atom stereocenters. The second kappa shape index (κ2) is 4.85. The van der Waals surface area contributed by atoms with Crippen LogP contribution < -0.4 is 10.6 Å². The third-order valence-electron chi connectivity index (χ3n) is 3.18. The van der Waals surface area contributed by atoms with Gasteiger partial charge in [-0.25, -0.2) is 0 Å². The lowest BCUT2D eigenvalue weighted by molar-refractivity contribution is -0.140. The van der Waals surface area contributed by atoms with E-state index in [-0.39, 0.29) is 5.91 Å². The molecule has 2 N–H and O–H groups in total. The van der Waals surface area contributed by atoms with Crippen LogP contribution in [-0.2, 0) is 16.6 Å². The largest absolute Gasteiger partial charge is 0.368 e. The normalized spacial score (nSPS) is 18.9. The van der Waals surface area contributed by atoms with Gasteiger partial charge >= 0.3 is 0 Å². The fraction of sp³-hybridized carbons (Fsp3) is 0.636. The zero-order chi connectivity index (χ0) is 12.3. The number of rotatable bonds is 3. The molecule has 1 amide bonds. The van der Waals surface area contributed by atoms with E-state index in [4.69, 9.17) is 4.74 Å². The number of carbonyl (C=O) groups is 1. The summed E-state index contributed by atoms with van der Waals surface area (Å²) in [5.74, 6) is -0.0884. The Morgan fingerprint density at radius 1 is 1.59 bits per heavy atom. The van der Waals surface area contributed by atoms with Gasteiger partial charge in [0.1, 0.15) is 5.60 Å². The third-order valence-corrected chi connectivity index (χ3v) is 3.18. The number of amides is 1. The molecule has 94 valence electrons. The van der Waals surface area contributed by atoms with Gasteiger partial charge in [-0.3, -0.25) is 9.48 Å². The van der Waals surface area contributed by atoms with Crippen molar-refractivity contribution in [1.82, 2.24) is 15.1 Å². The molecule has 0 atom stereocenters. The van der Waals surface area contributed by atoms with E-state index in [1.807, 2.05) is 7.05 Å². The molecule has 0 radical (unpaired) electrons. The molecule has 2 rings (SSSR count). The molecule has 6 heteroatoms. The first-order chi connectivity index (χ1) is 8.16. The van der Waals surface area contributed by atoms with Gasteiger partial charge < -0.3 is 15.4 Å². The van der Waals surface area contributed by atoms with Crippen molar-refractivity contribution in [2.45, 2.75) is 18.4 Å². The highest BCUT2D eigenvalue weighted by Gasteiger charge is 2.39. The molecule has 2 heterocycles. The maximum Gasteiger partial charge on any atom is 0.256 e. The Bertz CT molecular complexity index is 396. The van der Waals surface area contributed by atoms with E-state index in [9.17, 15) is 4.79 Å².